The molecule has 0 radical (unpaired) electrons. The number of halogens is 1. The first-order chi connectivity index (χ1) is 6.49. The van der Waals surface area contributed by atoms with Crippen LogP contribution in [-0.4, -0.2) is 18.0 Å². The van der Waals surface area contributed by atoms with E-state index in [9.17, 15) is 4.79 Å². The van der Waals surface area contributed by atoms with Crippen LogP contribution in [0.4, 0.5) is 0 Å². The van der Waals surface area contributed by atoms with Gasteiger partial charge in [-0.2, -0.15) is 11.3 Å². The summed E-state index contributed by atoms with van der Waals surface area (Å²) in [6.07, 6.45) is 0. The average molecular weight is 277 g/mol. The van der Waals surface area contributed by atoms with Crippen molar-refractivity contribution >= 4 is 33.0 Å². The number of carbonyl (C=O) groups excluding carboxylic acids is 1. The molecule has 0 unspecified atom stereocenters. The summed E-state index contributed by atoms with van der Waals surface area (Å²) in [5.74, 6) is 0.0208. The first-order valence-corrected chi connectivity index (χ1v) is 6.13. The van der Waals surface area contributed by atoms with Gasteiger partial charge in [-0.3, -0.25) is 4.79 Å². The highest BCUT2D eigenvalue weighted by Crippen LogP contribution is 2.26. The van der Waals surface area contributed by atoms with Crippen molar-refractivity contribution in [2.75, 3.05) is 6.61 Å². The fraction of sp³-hybridized carbons (Fsp3) is 0.500. The molecule has 0 N–H and O–H groups in total. The summed E-state index contributed by atoms with van der Waals surface area (Å²) in [6, 6.07) is 0. The van der Waals surface area contributed by atoms with Crippen LogP contribution in [0.3, 0.4) is 0 Å². The van der Waals surface area contributed by atoms with Gasteiger partial charge in [-0.15, -0.1) is 0 Å². The molecule has 1 aromatic rings. The first kappa shape index (κ1) is 11.9. The molecule has 2 nitrogen and oxygen atoms in total. The van der Waals surface area contributed by atoms with Crippen molar-refractivity contribution < 1.29 is 9.53 Å². The van der Waals surface area contributed by atoms with Crippen LogP contribution in [0.15, 0.2) is 15.2 Å². The molecule has 1 heterocycles. The van der Waals surface area contributed by atoms with Crippen molar-refractivity contribution in [3.63, 3.8) is 0 Å². The average Bonchev–Trinajstić information content (AvgIpc) is 2.50. The molecule has 78 valence electrons. The minimum atomic E-state index is -0.738. The molecule has 0 amide bonds. The third-order valence-electron chi connectivity index (χ3n) is 1.91. The van der Waals surface area contributed by atoms with Crippen LogP contribution >= 0.6 is 27.3 Å². The second-order valence-electron chi connectivity index (χ2n) is 3.41. The number of thiophene rings is 1. The minimum absolute atomic E-state index is 0.0208. The third kappa shape index (κ3) is 2.43. The topological polar surface area (TPSA) is 26.3 Å². The number of ether oxygens (including phenoxy) is 1. The molecule has 14 heavy (non-hydrogen) atoms. The maximum atomic E-state index is 12.0. The van der Waals surface area contributed by atoms with Crippen LogP contribution in [0.25, 0.3) is 0 Å². The molecule has 4 heteroatoms. The molecule has 0 aliphatic carbocycles. The Labute approximate surface area is 96.4 Å². The van der Waals surface area contributed by atoms with Gasteiger partial charge in [0, 0.05) is 27.4 Å². The van der Waals surface area contributed by atoms with E-state index in [0.29, 0.717) is 12.2 Å². The Balaban J connectivity index is 2.90. The highest BCUT2D eigenvalue weighted by atomic mass is 79.9. The van der Waals surface area contributed by atoms with Crippen molar-refractivity contribution in [3.8, 4) is 0 Å². The minimum Gasteiger partial charge on any atom is -0.368 e. The van der Waals surface area contributed by atoms with E-state index in [0.717, 1.165) is 4.47 Å². The number of hydrogen-bond donors (Lipinski definition) is 0. The highest BCUT2D eigenvalue weighted by molar-refractivity contribution is 9.10. The zero-order valence-electron chi connectivity index (χ0n) is 8.46. The van der Waals surface area contributed by atoms with Gasteiger partial charge in [-0.05, 0) is 36.7 Å². The fourth-order valence-electron chi connectivity index (χ4n) is 1.19. The summed E-state index contributed by atoms with van der Waals surface area (Å²) in [6.45, 7) is 6.02. The first-order valence-electron chi connectivity index (χ1n) is 4.39. The van der Waals surface area contributed by atoms with Crippen molar-refractivity contribution in [1.29, 1.82) is 0 Å². The van der Waals surface area contributed by atoms with Gasteiger partial charge >= 0.3 is 0 Å². The van der Waals surface area contributed by atoms with E-state index in [2.05, 4.69) is 15.9 Å². The lowest BCUT2D eigenvalue weighted by atomic mass is 9.99. The van der Waals surface area contributed by atoms with E-state index in [1.807, 2.05) is 17.7 Å². The van der Waals surface area contributed by atoms with Gasteiger partial charge in [0.05, 0.1) is 0 Å². The second-order valence-corrected chi connectivity index (χ2v) is 5.00. The molecular weight excluding hydrogens is 264 g/mol. The number of hydrogen-bond acceptors (Lipinski definition) is 3. The Kier molecular flexibility index (Phi) is 3.86. The normalized spacial score (nSPS) is 11.7. The molecule has 1 rings (SSSR count). The largest absolute Gasteiger partial charge is 0.368 e. The van der Waals surface area contributed by atoms with Crippen LogP contribution in [0, 0.1) is 0 Å². The Hall–Kier alpha value is -0.190. The van der Waals surface area contributed by atoms with Gasteiger partial charge in [0.1, 0.15) is 5.60 Å². The van der Waals surface area contributed by atoms with Crippen LogP contribution in [0.1, 0.15) is 31.1 Å². The molecule has 0 aromatic carbocycles. The molecule has 0 saturated heterocycles. The number of carbonyl (C=O) groups is 1. The van der Waals surface area contributed by atoms with E-state index in [1.54, 1.807) is 13.8 Å². The Bertz CT molecular complexity index is 331. The van der Waals surface area contributed by atoms with Crippen LogP contribution in [0.5, 0.6) is 0 Å². The maximum Gasteiger partial charge on any atom is 0.196 e. The number of Topliss-reactive ketones (excluding diaryl/α,β-unsaturated/α-hetero) is 1. The predicted molar refractivity (Wildman–Crippen MR) is 62.1 cm³/mol. The molecule has 0 spiro atoms. The number of ketones is 1. The van der Waals surface area contributed by atoms with E-state index >= 15 is 0 Å². The summed E-state index contributed by atoms with van der Waals surface area (Å²) >= 11 is 4.85. The van der Waals surface area contributed by atoms with Gasteiger partial charge < -0.3 is 4.74 Å². The summed E-state index contributed by atoms with van der Waals surface area (Å²) in [7, 11) is 0. The van der Waals surface area contributed by atoms with E-state index < -0.39 is 5.60 Å². The van der Waals surface area contributed by atoms with Gasteiger partial charge in [-0.25, -0.2) is 0 Å². The zero-order chi connectivity index (χ0) is 10.8. The molecule has 0 atom stereocenters. The molecule has 0 fully saturated rings. The van der Waals surface area contributed by atoms with Gasteiger partial charge in [0.25, 0.3) is 0 Å². The van der Waals surface area contributed by atoms with E-state index in [-0.39, 0.29) is 5.78 Å². The van der Waals surface area contributed by atoms with Gasteiger partial charge in [-0.1, -0.05) is 0 Å². The number of rotatable bonds is 4. The van der Waals surface area contributed by atoms with E-state index in [4.69, 9.17) is 4.74 Å². The van der Waals surface area contributed by atoms with Crippen molar-refractivity contribution in [3.05, 3.63) is 20.8 Å². The summed E-state index contributed by atoms with van der Waals surface area (Å²) in [5, 5.41) is 3.74. The molecular formula is C10H13BrO2S. The lowest BCUT2D eigenvalue weighted by molar-refractivity contribution is 0.00124. The lowest BCUT2D eigenvalue weighted by Gasteiger charge is -2.22. The summed E-state index contributed by atoms with van der Waals surface area (Å²) in [4.78, 5) is 12.0. The fourth-order valence-corrected chi connectivity index (χ4v) is 2.65. The smallest absolute Gasteiger partial charge is 0.196 e. The quantitative estimate of drug-likeness (QED) is 0.787. The van der Waals surface area contributed by atoms with Crippen molar-refractivity contribution in [2.24, 2.45) is 0 Å². The molecule has 0 aliphatic heterocycles. The monoisotopic (exact) mass is 276 g/mol. The highest BCUT2D eigenvalue weighted by Gasteiger charge is 2.30. The standard InChI is InChI=1S/C10H13BrO2S/c1-4-13-10(2,3)9(12)7-5-14-6-8(7)11/h5-6H,4H2,1-3H3. The van der Waals surface area contributed by atoms with Crippen molar-refractivity contribution in [1.82, 2.24) is 0 Å². The molecule has 0 bridgehead atoms. The third-order valence-corrected chi connectivity index (χ3v) is 3.61. The molecule has 0 aliphatic rings. The van der Waals surface area contributed by atoms with E-state index in [1.165, 1.54) is 11.3 Å². The molecule has 1 aromatic heterocycles. The van der Waals surface area contributed by atoms with Crippen LogP contribution < -0.4 is 0 Å². The molecule has 0 saturated carbocycles. The Morgan fingerprint density at radius 1 is 1.57 bits per heavy atom. The zero-order valence-corrected chi connectivity index (χ0v) is 10.9. The van der Waals surface area contributed by atoms with Crippen LogP contribution in [0.2, 0.25) is 0 Å². The van der Waals surface area contributed by atoms with Crippen molar-refractivity contribution in [2.45, 2.75) is 26.4 Å². The Morgan fingerprint density at radius 2 is 2.21 bits per heavy atom. The predicted octanol–water partition coefficient (Wildman–Crippen LogP) is 3.51. The second kappa shape index (κ2) is 4.55. The lowest BCUT2D eigenvalue weighted by Crippen LogP contribution is -2.35. The maximum absolute atomic E-state index is 12.0. The van der Waals surface area contributed by atoms with Crippen LogP contribution in [-0.2, 0) is 4.74 Å². The van der Waals surface area contributed by atoms with Gasteiger partial charge in [0.15, 0.2) is 5.78 Å². The summed E-state index contributed by atoms with van der Waals surface area (Å²) in [5.41, 5.74) is -0.0355. The SMILES string of the molecule is CCOC(C)(C)C(=O)c1cscc1Br. The van der Waals surface area contributed by atoms with Gasteiger partial charge in [0.2, 0.25) is 0 Å². The summed E-state index contributed by atoms with van der Waals surface area (Å²) < 4.78 is 6.25. The Morgan fingerprint density at radius 3 is 2.64 bits per heavy atom.